The maximum atomic E-state index is 14.8. The number of hydrogen-bond donors (Lipinski definition) is 4. The van der Waals surface area contributed by atoms with E-state index < -0.39 is 64.6 Å². The number of ketones is 1. The summed E-state index contributed by atoms with van der Waals surface area (Å²) in [4.78, 5) is 91.6. The van der Waals surface area contributed by atoms with Gasteiger partial charge in [0.15, 0.2) is 0 Å². The minimum Gasteiger partial charge on any atom is -0.347 e. The van der Waals surface area contributed by atoms with Gasteiger partial charge < -0.3 is 25.8 Å². The van der Waals surface area contributed by atoms with Gasteiger partial charge in [-0.15, -0.1) is 0 Å². The molecule has 5 amide bonds. The highest BCUT2D eigenvalue weighted by Gasteiger charge is 2.54. The molecule has 0 radical (unpaired) electrons. The number of halogens is 1. The second-order valence-corrected chi connectivity index (χ2v) is 16.3. The van der Waals surface area contributed by atoms with Gasteiger partial charge in [0, 0.05) is 35.2 Å². The molecule has 3 heterocycles. The molecule has 14 heteroatoms. The van der Waals surface area contributed by atoms with Crippen molar-refractivity contribution in [3.63, 3.8) is 0 Å². The number of nitrogens with zero attached hydrogens (tertiary/aromatic N) is 2. The number of benzene rings is 2. The Balaban J connectivity index is 1.27. The molecule has 54 heavy (non-hydrogen) atoms. The minimum atomic E-state index is -1.15. The Morgan fingerprint density at radius 1 is 0.944 bits per heavy atom. The summed E-state index contributed by atoms with van der Waals surface area (Å²) in [6.45, 7) is 7.65. The summed E-state index contributed by atoms with van der Waals surface area (Å²) < 4.78 is 0. The van der Waals surface area contributed by atoms with E-state index in [4.69, 9.17) is 16.4 Å². The molecule has 5 atom stereocenters. The molecule has 13 nitrogen and oxygen atoms in total. The lowest BCUT2D eigenvalue weighted by atomic mass is 9.85. The number of carbonyl (C=O) groups excluding carboxylic acids is 6. The van der Waals surface area contributed by atoms with Gasteiger partial charge in [0.2, 0.25) is 23.5 Å². The third kappa shape index (κ3) is 8.63. The Kier molecular flexibility index (Phi) is 11.5. The number of rotatable bonds is 12. The highest BCUT2D eigenvalue weighted by molar-refractivity contribution is 6.38. The van der Waals surface area contributed by atoms with Crippen molar-refractivity contribution in [3.8, 4) is 0 Å². The highest BCUT2D eigenvalue weighted by atomic mass is 35.5. The van der Waals surface area contributed by atoms with Crippen LogP contribution in [0.3, 0.4) is 0 Å². The minimum absolute atomic E-state index is 0.0235. The molecule has 0 aromatic heterocycles. The van der Waals surface area contributed by atoms with Gasteiger partial charge in [-0.05, 0) is 67.9 Å². The van der Waals surface area contributed by atoms with Crippen LogP contribution in [0.1, 0.15) is 88.6 Å². The van der Waals surface area contributed by atoms with Crippen LogP contribution in [0.4, 0.5) is 0 Å². The van der Waals surface area contributed by atoms with E-state index in [-0.39, 0.29) is 31.3 Å². The van der Waals surface area contributed by atoms with Crippen molar-refractivity contribution in [2.75, 3.05) is 13.1 Å². The third-order valence-electron chi connectivity index (χ3n) is 10.4. The van der Waals surface area contributed by atoms with Crippen LogP contribution >= 0.6 is 11.6 Å². The van der Waals surface area contributed by atoms with Crippen LogP contribution in [-0.4, -0.2) is 94.0 Å². The van der Waals surface area contributed by atoms with E-state index in [0.29, 0.717) is 42.1 Å². The predicted molar refractivity (Wildman–Crippen MR) is 201 cm³/mol. The SMILES string of the molecule is CCC[C@H](NC(=O)[C@@H]1C[C@]2(C=C(c3cccc(Cl)c3)NO2)CN1C(=O)[C@@H](NC(=O)[C@@H]1CCCN1C(=O)c1ccccc1)C(C)(C)C)C(=O)C(=O)NC1CC1. The van der Waals surface area contributed by atoms with Gasteiger partial charge in [-0.1, -0.05) is 76.0 Å². The lowest BCUT2D eigenvalue weighted by Gasteiger charge is -2.37. The Bertz CT molecular complexity index is 1830. The molecular weight excluding hydrogens is 712 g/mol. The fourth-order valence-corrected chi connectivity index (χ4v) is 7.56. The van der Waals surface area contributed by atoms with Crippen molar-refractivity contribution in [2.24, 2.45) is 5.41 Å². The van der Waals surface area contributed by atoms with Crippen molar-refractivity contribution >= 4 is 52.6 Å². The summed E-state index contributed by atoms with van der Waals surface area (Å²) in [6, 6.07) is 11.8. The van der Waals surface area contributed by atoms with Gasteiger partial charge in [-0.25, -0.2) is 0 Å². The molecule has 2 aromatic rings. The number of carbonyl (C=O) groups is 6. The molecule has 1 spiro atoms. The molecule has 3 fully saturated rings. The number of nitrogens with one attached hydrogen (secondary N) is 4. The predicted octanol–water partition coefficient (Wildman–Crippen LogP) is 3.52. The molecule has 1 aliphatic carbocycles. The smallest absolute Gasteiger partial charge is 0.289 e. The second-order valence-electron chi connectivity index (χ2n) is 15.8. The summed E-state index contributed by atoms with van der Waals surface area (Å²) in [7, 11) is 0. The standard InChI is InChI=1S/C40H49ClN6O7/c1-5-11-28(32(48)36(51)42-27-17-18-27)43-35(50)31-22-40(21-29(45-54-40)25-14-9-15-26(41)20-25)23-47(31)38(53)33(39(2,3)4)44-34(49)30-16-10-19-46(30)37(52)24-12-7-6-8-13-24/h6-9,12-15,20-21,27-28,30-31,33,45H,5,10-11,16-19,22-23H2,1-4H3,(H,42,51)(H,43,50)(H,44,49)/t28-,30-,31-,33+,40+/m0/s1. The Morgan fingerprint density at radius 3 is 2.33 bits per heavy atom. The zero-order valence-electron chi connectivity index (χ0n) is 31.2. The van der Waals surface area contributed by atoms with Crippen molar-refractivity contribution < 1.29 is 33.6 Å². The number of hydroxylamine groups is 1. The first kappa shape index (κ1) is 39.0. The molecule has 3 aliphatic heterocycles. The van der Waals surface area contributed by atoms with Gasteiger partial charge in [0.25, 0.3) is 11.8 Å². The van der Waals surface area contributed by atoms with Crippen molar-refractivity contribution in [1.82, 2.24) is 31.2 Å². The molecule has 2 saturated heterocycles. The van der Waals surface area contributed by atoms with Crippen molar-refractivity contribution in [2.45, 2.75) is 108 Å². The summed E-state index contributed by atoms with van der Waals surface area (Å²) in [5.41, 5.74) is 2.78. The summed E-state index contributed by atoms with van der Waals surface area (Å²) >= 11 is 6.27. The van der Waals surface area contributed by atoms with E-state index in [1.54, 1.807) is 47.4 Å². The Morgan fingerprint density at radius 2 is 1.67 bits per heavy atom. The molecule has 2 aromatic carbocycles. The Labute approximate surface area is 320 Å². The van der Waals surface area contributed by atoms with Crippen LogP contribution < -0.4 is 21.4 Å². The van der Waals surface area contributed by atoms with Crippen LogP contribution in [0.2, 0.25) is 5.02 Å². The monoisotopic (exact) mass is 760 g/mol. The topological polar surface area (TPSA) is 166 Å². The lowest BCUT2D eigenvalue weighted by Crippen LogP contribution is -2.61. The van der Waals surface area contributed by atoms with Gasteiger partial charge in [0.05, 0.1) is 18.3 Å². The van der Waals surface area contributed by atoms with Crippen LogP contribution in [0, 0.1) is 5.41 Å². The average molecular weight is 761 g/mol. The third-order valence-corrected chi connectivity index (χ3v) is 10.7. The van der Waals surface area contributed by atoms with Gasteiger partial charge in [-0.3, -0.25) is 39.1 Å². The van der Waals surface area contributed by atoms with Crippen LogP contribution in [0.25, 0.3) is 5.70 Å². The maximum Gasteiger partial charge on any atom is 0.289 e. The maximum absolute atomic E-state index is 14.8. The molecule has 0 bridgehead atoms. The zero-order chi connectivity index (χ0) is 38.8. The highest BCUT2D eigenvalue weighted by Crippen LogP contribution is 2.39. The van der Waals surface area contributed by atoms with Crippen molar-refractivity contribution in [3.05, 3.63) is 76.8 Å². The van der Waals surface area contributed by atoms with E-state index in [1.165, 1.54) is 4.90 Å². The molecule has 288 valence electrons. The summed E-state index contributed by atoms with van der Waals surface area (Å²) in [5, 5.41) is 8.97. The molecule has 1 saturated carbocycles. The first-order valence-electron chi connectivity index (χ1n) is 18.7. The molecule has 4 N–H and O–H groups in total. The zero-order valence-corrected chi connectivity index (χ0v) is 31.9. The molecule has 4 aliphatic rings. The van der Waals surface area contributed by atoms with Gasteiger partial charge in [0.1, 0.15) is 23.7 Å². The normalized spacial score (nSPS) is 23.3. The lowest BCUT2D eigenvalue weighted by molar-refractivity contribution is -0.145. The number of hydrogen-bond acceptors (Lipinski definition) is 8. The largest absolute Gasteiger partial charge is 0.347 e. The van der Waals surface area contributed by atoms with Gasteiger partial charge >= 0.3 is 0 Å². The van der Waals surface area contributed by atoms with E-state index in [1.807, 2.05) is 45.9 Å². The summed E-state index contributed by atoms with van der Waals surface area (Å²) in [6.07, 6.45) is 5.26. The van der Waals surface area contributed by atoms with Crippen LogP contribution in [0.15, 0.2) is 60.7 Å². The second kappa shape index (κ2) is 15.9. The van der Waals surface area contributed by atoms with E-state index in [0.717, 1.165) is 18.4 Å². The first-order valence-corrected chi connectivity index (χ1v) is 19.1. The van der Waals surface area contributed by atoms with Crippen LogP contribution in [0.5, 0.6) is 0 Å². The molecular formula is C40H49ClN6O7. The number of likely N-dealkylation sites (tertiary alicyclic amines) is 2. The fourth-order valence-electron chi connectivity index (χ4n) is 7.37. The van der Waals surface area contributed by atoms with Crippen LogP contribution in [-0.2, 0) is 28.8 Å². The van der Waals surface area contributed by atoms with E-state index in [9.17, 15) is 28.8 Å². The summed E-state index contributed by atoms with van der Waals surface area (Å²) in [5.74, 6) is -3.35. The average Bonchev–Trinajstić information content (AvgIpc) is 3.50. The van der Waals surface area contributed by atoms with E-state index in [2.05, 4.69) is 21.4 Å². The Hall–Kier alpha value is -4.75. The quantitative estimate of drug-likeness (QED) is 0.239. The number of amides is 5. The molecule has 6 rings (SSSR count). The first-order chi connectivity index (χ1) is 25.7. The molecule has 0 unspecified atom stereocenters. The van der Waals surface area contributed by atoms with Crippen molar-refractivity contribution in [1.29, 1.82) is 0 Å². The number of Topliss-reactive ketones (excluding diaryl/α,β-unsaturated/α-hetero) is 1. The van der Waals surface area contributed by atoms with E-state index >= 15 is 0 Å². The van der Waals surface area contributed by atoms with Gasteiger partial charge in [-0.2, -0.15) is 0 Å². The fraction of sp³-hybridized carbons (Fsp3) is 0.500.